The lowest BCUT2D eigenvalue weighted by molar-refractivity contribution is -0.386. The Morgan fingerprint density at radius 2 is 2.18 bits per heavy atom. The number of pyridine rings is 1. The Labute approximate surface area is 99.9 Å². The molecule has 6 nitrogen and oxygen atoms in total. The molecule has 0 aromatic carbocycles. The van der Waals surface area contributed by atoms with Crippen LogP contribution in [0, 0.1) is 21.4 Å². The maximum atomic E-state index is 11.9. The van der Waals surface area contributed by atoms with Crippen LogP contribution in [-0.2, 0) is 0 Å². The molecule has 1 heterocycles. The van der Waals surface area contributed by atoms with Gasteiger partial charge in [-0.05, 0) is 15.9 Å². The van der Waals surface area contributed by atoms with E-state index < -0.39 is 32.9 Å². The van der Waals surface area contributed by atoms with E-state index >= 15 is 0 Å². The van der Waals surface area contributed by atoms with E-state index in [4.69, 9.17) is 5.26 Å². The third-order valence-corrected chi connectivity index (χ3v) is 2.24. The first-order chi connectivity index (χ1) is 7.76. The molecule has 90 valence electrons. The van der Waals surface area contributed by atoms with Gasteiger partial charge in [0.25, 0.3) is 0 Å². The molecule has 0 saturated carbocycles. The van der Waals surface area contributed by atoms with E-state index in [1.54, 1.807) is 0 Å². The average Bonchev–Trinajstić information content (AvgIpc) is 2.18. The largest absolute Gasteiger partial charge is 0.573 e. The smallest absolute Gasteiger partial charge is 0.403 e. The number of hydrogen-bond donors (Lipinski definition) is 0. The number of nitrogens with zero attached hydrogens (tertiary/aromatic N) is 3. The fourth-order valence-electron chi connectivity index (χ4n) is 0.906. The molecule has 0 N–H and O–H groups in total. The molecular formula is C7HBrF3N3O3. The summed E-state index contributed by atoms with van der Waals surface area (Å²) in [6, 6.07) is 1.39. The number of alkyl halides is 3. The molecule has 0 spiro atoms. The van der Waals surface area contributed by atoms with Crippen LogP contribution in [0.25, 0.3) is 0 Å². The highest BCUT2D eigenvalue weighted by atomic mass is 79.9. The highest BCUT2D eigenvalue weighted by Gasteiger charge is 2.34. The van der Waals surface area contributed by atoms with E-state index in [-0.39, 0.29) is 0 Å². The number of rotatable bonds is 2. The van der Waals surface area contributed by atoms with Gasteiger partial charge in [0.2, 0.25) is 5.69 Å². The van der Waals surface area contributed by atoms with Crippen molar-refractivity contribution < 1.29 is 22.8 Å². The monoisotopic (exact) mass is 311 g/mol. The Hall–Kier alpha value is -1.89. The quantitative estimate of drug-likeness (QED) is 0.618. The first kappa shape index (κ1) is 13.2. The second-order valence-electron chi connectivity index (χ2n) is 2.55. The van der Waals surface area contributed by atoms with Crippen molar-refractivity contribution in [3.8, 4) is 11.8 Å². The summed E-state index contributed by atoms with van der Waals surface area (Å²) < 4.78 is 38.7. The van der Waals surface area contributed by atoms with Crippen LogP contribution in [0.5, 0.6) is 5.75 Å². The molecule has 0 aliphatic heterocycles. The number of nitriles is 1. The molecule has 1 rings (SSSR count). The predicted molar refractivity (Wildman–Crippen MR) is 50.0 cm³/mol. The Balaban J connectivity index is 3.35. The zero-order valence-electron chi connectivity index (χ0n) is 7.66. The topological polar surface area (TPSA) is 89.0 Å². The molecule has 0 aliphatic rings. The number of aromatic nitrogens is 1. The highest BCUT2D eigenvalue weighted by Crippen LogP contribution is 2.37. The van der Waals surface area contributed by atoms with Gasteiger partial charge in [-0.15, -0.1) is 13.2 Å². The number of hydrogen-bond acceptors (Lipinski definition) is 5. The second kappa shape index (κ2) is 4.54. The maximum Gasteiger partial charge on any atom is 0.573 e. The van der Waals surface area contributed by atoms with Crippen LogP contribution in [0.4, 0.5) is 18.9 Å². The van der Waals surface area contributed by atoms with Gasteiger partial charge < -0.3 is 4.74 Å². The van der Waals surface area contributed by atoms with Gasteiger partial charge in [-0.2, -0.15) is 5.26 Å². The standard InChI is InChI=1S/C7HBrF3N3O3/c8-5-4(17-7(9,10)11)2-13-3(1-12)6(5)14(15)16/h2H. The van der Waals surface area contributed by atoms with Gasteiger partial charge >= 0.3 is 12.0 Å². The fraction of sp³-hybridized carbons (Fsp3) is 0.143. The van der Waals surface area contributed by atoms with Gasteiger partial charge in [0.05, 0.1) is 11.1 Å². The summed E-state index contributed by atoms with van der Waals surface area (Å²) >= 11 is 2.57. The van der Waals surface area contributed by atoms with Gasteiger partial charge in [-0.1, -0.05) is 0 Å². The van der Waals surface area contributed by atoms with Crippen molar-refractivity contribution in [3.05, 3.63) is 26.5 Å². The minimum absolute atomic E-state index is 0.573. The van der Waals surface area contributed by atoms with Gasteiger partial charge in [0, 0.05) is 0 Å². The lowest BCUT2D eigenvalue weighted by atomic mass is 10.3. The minimum atomic E-state index is -5.01. The van der Waals surface area contributed by atoms with Crippen molar-refractivity contribution in [2.24, 2.45) is 0 Å². The van der Waals surface area contributed by atoms with Gasteiger partial charge in [-0.25, -0.2) is 4.98 Å². The van der Waals surface area contributed by atoms with Gasteiger partial charge in [-0.3, -0.25) is 10.1 Å². The van der Waals surface area contributed by atoms with Crippen LogP contribution in [0.3, 0.4) is 0 Å². The molecule has 0 unspecified atom stereocenters. The molecule has 0 fully saturated rings. The van der Waals surface area contributed by atoms with Gasteiger partial charge in [0.1, 0.15) is 10.5 Å². The van der Waals surface area contributed by atoms with E-state index in [0.29, 0.717) is 6.20 Å². The third kappa shape index (κ3) is 3.04. The molecular weight excluding hydrogens is 311 g/mol. The third-order valence-electron chi connectivity index (χ3n) is 1.47. The fourth-order valence-corrected chi connectivity index (χ4v) is 1.42. The first-order valence-corrected chi connectivity index (χ1v) is 4.54. The molecule has 10 heteroatoms. The molecule has 0 saturated heterocycles. The number of nitro groups is 1. The Morgan fingerprint density at radius 1 is 1.59 bits per heavy atom. The Morgan fingerprint density at radius 3 is 2.59 bits per heavy atom. The summed E-state index contributed by atoms with van der Waals surface area (Å²) in [6.45, 7) is 0. The highest BCUT2D eigenvalue weighted by molar-refractivity contribution is 9.10. The van der Waals surface area contributed by atoms with Crippen LogP contribution in [0.15, 0.2) is 10.7 Å². The summed E-state index contributed by atoms with van der Waals surface area (Å²) in [4.78, 5) is 12.7. The Kier molecular flexibility index (Phi) is 3.52. The average molecular weight is 312 g/mol. The first-order valence-electron chi connectivity index (χ1n) is 3.75. The molecule has 0 aliphatic carbocycles. The zero-order chi connectivity index (χ0) is 13.2. The second-order valence-corrected chi connectivity index (χ2v) is 3.34. The molecule has 0 amide bonds. The van der Waals surface area contributed by atoms with Crippen molar-refractivity contribution in [2.75, 3.05) is 0 Å². The lowest BCUT2D eigenvalue weighted by Crippen LogP contribution is -2.18. The zero-order valence-corrected chi connectivity index (χ0v) is 9.24. The number of ether oxygens (including phenoxy) is 1. The molecule has 1 aromatic rings. The van der Waals surface area contributed by atoms with Crippen molar-refractivity contribution >= 4 is 21.6 Å². The summed E-state index contributed by atoms with van der Waals surface area (Å²) in [5, 5.41) is 19.1. The van der Waals surface area contributed by atoms with E-state index in [0.717, 1.165) is 0 Å². The summed E-state index contributed by atoms with van der Waals surface area (Å²) in [5.41, 5.74) is -1.49. The van der Waals surface area contributed by atoms with Crippen molar-refractivity contribution in [1.82, 2.24) is 4.98 Å². The summed E-state index contributed by atoms with van der Waals surface area (Å²) in [5.74, 6) is -0.886. The molecule has 0 atom stereocenters. The summed E-state index contributed by atoms with van der Waals surface area (Å²) in [6.07, 6.45) is -4.44. The van der Waals surface area contributed by atoms with Crippen LogP contribution in [0.2, 0.25) is 0 Å². The lowest BCUT2D eigenvalue weighted by Gasteiger charge is -2.09. The van der Waals surface area contributed by atoms with Crippen LogP contribution in [-0.4, -0.2) is 16.3 Å². The van der Waals surface area contributed by atoms with Crippen LogP contribution in [0.1, 0.15) is 5.69 Å². The van der Waals surface area contributed by atoms with E-state index in [1.807, 2.05) is 0 Å². The van der Waals surface area contributed by atoms with Crippen molar-refractivity contribution in [2.45, 2.75) is 6.36 Å². The number of halogens is 4. The van der Waals surface area contributed by atoms with E-state index in [1.165, 1.54) is 6.07 Å². The minimum Gasteiger partial charge on any atom is -0.403 e. The van der Waals surface area contributed by atoms with Crippen LogP contribution >= 0.6 is 15.9 Å². The SMILES string of the molecule is N#Cc1ncc(OC(F)(F)F)c(Br)c1[N+](=O)[O-]. The van der Waals surface area contributed by atoms with Crippen molar-refractivity contribution in [1.29, 1.82) is 5.26 Å². The normalized spacial score (nSPS) is 10.8. The summed E-state index contributed by atoms with van der Waals surface area (Å²) in [7, 11) is 0. The van der Waals surface area contributed by atoms with E-state index in [9.17, 15) is 23.3 Å². The van der Waals surface area contributed by atoms with E-state index in [2.05, 4.69) is 25.7 Å². The van der Waals surface area contributed by atoms with Crippen LogP contribution < -0.4 is 4.74 Å². The van der Waals surface area contributed by atoms with Gasteiger partial charge in [0.15, 0.2) is 5.75 Å². The van der Waals surface area contributed by atoms with Crippen molar-refractivity contribution in [3.63, 3.8) is 0 Å². The molecule has 0 radical (unpaired) electrons. The molecule has 0 bridgehead atoms. The molecule has 1 aromatic heterocycles. The molecule has 17 heavy (non-hydrogen) atoms. The maximum absolute atomic E-state index is 11.9. The predicted octanol–water partition coefficient (Wildman–Crippen LogP) is 2.52. The Bertz CT molecular complexity index is 512.